The summed E-state index contributed by atoms with van der Waals surface area (Å²) in [6.07, 6.45) is 3.73. The SMILES string of the molecule is Cn1cc(-c2cc(N3CCOCC3)c3[nH]c(C(=O)N4CC(N5CCOCC5)C4)nc3n2)cn1. The first-order valence-corrected chi connectivity index (χ1v) is 11.5. The van der Waals surface area contributed by atoms with Crippen LogP contribution in [0, 0.1) is 0 Å². The van der Waals surface area contributed by atoms with Crippen LogP contribution in [0.4, 0.5) is 5.69 Å². The number of rotatable bonds is 4. The van der Waals surface area contributed by atoms with Crippen molar-refractivity contribution in [2.45, 2.75) is 6.04 Å². The predicted molar refractivity (Wildman–Crippen MR) is 121 cm³/mol. The first-order chi connectivity index (χ1) is 16.2. The van der Waals surface area contributed by atoms with Crippen molar-refractivity contribution in [2.24, 2.45) is 7.05 Å². The predicted octanol–water partition coefficient (Wildman–Crippen LogP) is 0.352. The van der Waals surface area contributed by atoms with Crippen molar-refractivity contribution < 1.29 is 14.3 Å². The number of morpholine rings is 2. The molecule has 3 fully saturated rings. The van der Waals surface area contributed by atoms with Crippen LogP contribution in [0.15, 0.2) is 18.5 Å². The first kappa shape index (κ1) is 20.6. The summed E-state index contributed by atoms with van der Waals surface area (Å²) in [6, 6.07) is 2.45. The van der Waals surface area contributed by atoms with Crippen LogP contribution in [0.5, 0.6) is 0 Å². The van der Waals surface area contributed by atoms with Gasteiger partial charge in [-0.3, -0.25) is 14.4 Å². The Bertz CT molecular complexity index is 1160. The van der Waals surface area contributed by atoms with Crippen LogP contribution in [0.2, 0.25) is 0 Å². The van der Waals surface area contributed by atoms with Gasteiger partial charge in [-0.25, -0.2) is 9.97 Å². The standard InChI is InChI=1S/C22H28N8O3/c1-27-12-15(11-23-27)17-10-18(29-4-8-33-9-5-29)19-20(24-17)26-21(25-19)22(31)30-13-16(14-30)28-2-6-32-7-3-28/h10-12,16H,2-9,13-14H2,1H3,(H,24,25,26). The molecule has 3 aliphatic heterocycles. The summed E-state index contributed by atoms with van der Waals surface area (Å²) in [7, 11) is 1.88. The lowest BCUT2D eigenvalue weighted by atomic mass is 10.1. The smallest absolute Gasteiger partial charge is 0.289 e. The molecule has 6 rings (SSSR count). The van der Waals surface area contributed by atoms with E-state index >= 15 is 0 Å². The summed E-state index contributed by atoms with van der Waals surface area (Å²) < 4.78 is 12.7. The summed E-state index contributed by atoms with van der Waals surface area (Å²) in [6.45, 7) is 7.74. The fraction of sp³-hybridized carbons (Fsp3) is 0.545. The molecule has 33 heavy (non-hydrogen) atoms. The molecule has 1 N–H and O–H groups in total. The Balaban J connectivity index is 1.29. The number of nitrogens with zero attached hydrogens (tertiary/aromatic N) is 7. The van der Waals surface area contributed by atoms with Crippen LogP contribution in [-0.4, -0.2) is 112 Å². The average molecular weight is 453 g/mol. The highest BCUT2D eigenvalue weighted by molar-refractivity contribution is 5.97. The molecular weight excluding hydrogens is 424 g/mol. The monoisotopic (exact) mass is 452 g/mol. The molecule has 1 amide bonds. The zero-order valence-electron chi connectivity index (χ0n) is 18.7. The van der Waals surface area contributed by atoms with Gasteiger partial charge in [0.05, 0.1) is 44.0 Å². The maximum Gasteiger partial charge on any atom is 0.289 e. The van der Waals surface area contributed by atoms with E-state index in [1.807, 2.05) is 18.1 Å². The first-order valence-electron chi connectivity index (χ1n) is 11.5. The van der Waals surface area contributed by atoms with Crippen LogP contribution < -0.4 is 4.90 Å². The molecule has 0 aromatic carbocycles. The quantitative estimate of drug-likeness (QED) is 0.605. The highest BCUT2D eigenvalue weighted by Gasteiger charge is 2.37. The van der Waals surface area contributed by atoms with E-state index in [9.17, 15) is 4.79 Å². The van der Waals surface area contributed by atoms with E-state index in [1.165, 1.54) is 0 Å². The molecule has 0 unspecified atom stereocenters. The number of nitrogens with one attached hydrogen (secondary N) is 1. The molecule has 3 aromatic heterocycles. The van der Waals surface area contributed by atoms with Gasteiger partial charge >= 0.3 is 0 Å². The second-order valence-corrected chi connectivity index (χ2v) is 8.83. The normalized spacial score (nSPS) is 20.4. The number of ether oxygens (including phenoxy) is 2. The lowest BCUT2D eigenvalue weighted by Crippen LogP contribution is -2.62. The molecule has 0 bridgehead atoms. The van der Waals surface area contributed by atoms with E-state index < -0.39 is 0 Å². The molecule has 6 heterocycles. The third-order valence-corrected chi connectivity index (χ3v) is 6.71. The molecule has 0 saturated carbocycles. The summed E-state index contributed by atoms with van der Waals surface area (Å²) >= 11 is 0. The molecule has 3 aromatic rings. The van der Waals surface area contributed by atoms with E-state index in [1.54, 1.807) is 10.9 Å². The van der Waals surface area contributed by atoms with Crippen molar-refractivity contribution in [3.05, 3.63) is 24.3 Å². The fourth-order valence-electron chi connectivity index (χ4n) is 4.77. The van der Waals surface area contributed by atoms with E-state index in [0.717, 1.165) is 74.9 Å². The molecular formula is C22H28N8O3. The zero-order chi connectivity index (χ0) is 22.4. The van der Waals surface area contributed by atoms with Gasteiger partial charge in [-0.05, 0) is 6.07 Å². The molecule has 11 nitrogen and oxygen atoms in total. The number of amides is 1. The van der Waals surface area contributed by atoms with Crippen molar-refractivity contribution in [1.29, 1.82) is 0 Å². The van der Waals surface area contributed by atoms with Gasteiger partial charge in [-0.2, -0.15) is 5.10 Å². The number of fused-ring (bicyclic) bond motifs is 1. The second kappa shape index (κ2) is 8.40. The number of anilines is 1. The van der Waals surface area contributed by atoms with Crippen molar-refractivity contribution in [3.8, 4) is 11.3 Å². The minimum Gasteiger partial charge on any atom is -0.379 e. The summed E-state index contributed by atoms with van der Waals surface area (Å²) in [4.78, 5) is 32.4. The van der Waals surface area contributed by atoms with E-state index in [2.05, 4.69) is 30.9 Å². The summed E-state index contributed by atoms with van der Waals surface area (Å²) in [5, 5.41) is 4.28. The Labute approximate surface area is 191 Å². The highest BCUT2D eigenvalue weighted by atomic mass is 16.5. The number of carbonyl (C=O) groups excluding carboxylic acids is 1. The summed E-state index contributed by atoms with van der Waals surface area (Å²) in [5.41, 5.74) is 4.04. The lowest BCUT2D eigenvalue weighted by Gasteiger charge is -2.46. The van der Waals surface area contributed by atoms with Crippen LogP contribution in [-0.2, 0) is 16.5 Å². The Kier molecular flexibility index (Phi) is 5.24. The molecule has 3 aliphatic rings. The van der Waals surface area contributed by atoms with E-state index in [0.29, 0.717) is 30.7 Å². The average Bonchev–Trinajstić information content (AvgIpc) is 3.45. The number of aromatic amines is 1. The van der Waals surface area contributed by atoms with Crippen LogP contribution in [0.3, 0.4) is 0 Å². The minimum atomic E-state index is -0.0756. The number of pyridine rings is 1. The maximum absolute atomic E-state index is 13.2. The topological polar surface area (TPSA) is 105 Å². The number of aryl methyl sites for hydroxylation is 1. The molecule has 0 aliphatic carbocycles. The third kappa shape index (κ3) is 3.85. The van der Waals surface area contributed by atoms with Crippen molar-refractivity contribution in [2.75, 3.05) is 70.6 Å². The summed E-state index contributed by atoms with van der Waals surface area (Å²) in [5.74, 6) is 0.268. The van der Waals surface area contributed by atoms with Crippen LogP contribution in [0.25, 0.3) is 22.4 Å². The number of hydrogen-bond acceptors (Lipinski definition) is 8. The fourth-order valence-corrected chi connectivity index (χ4v) is 4.77. The molecule has 11 heteroatoms. The van der Waals surface area contributed by atoms with Gasteiger partial charge in [0.15, 0.2) is 11.5 Å². The van der Waals surface area contributed by atoms with E-state index in [4.69, 9.17) is 14.5 Å². The Morgan fingerprint density at radius 1 is 1.06 bits per heavy atom. The number of hydrogen-bond donors (Lipinski definition) is 1. The number of likely N-dealkylation sites (tertiary alicyclic amines) is 1. The van der Waals surface area contributed by atoms with Crippen molar-refractivity contribution >= 4 is 22.8 Å². The van der Waals surface area contributed by atoms with Gasteiger partial charge < -0.3 is 24.3 Å². The van der Waals surface area contributed by atoms with Crippen molar-refractivity contribution in [3.63, 3.8) is 0 Å². The lowest BCUT2D eigenvalue weighted by molar-refractivity contribution is -0.0259. The van der Waals surface area contributed by atoms with Gasteiger partial charge in [0.1, 0.15) is 5.52 Å². The van der Waals surface area contributed by atoms with Gasteiger partial charge in [0.2, 0.25) is 0 Å². The van der Waals surface area contributed by atoms with Crippen LogP contribution in [0.1, 0.15) is 10.6 Å². The van der Waals surface area contributed by atoms with Gasteiger partial charge in [0.25, 0.3) is 5.91 Å². The van der Waals surface area contributed by atoms with E-state index in [-0.39, 0.29) is 5.91 Å². The zero-order valence-corrected chi connectivity index (χ0v) is 18.7. The Hall–Kier alpha value is -3.02. The van der Waals surface area contributed by atoms with Gasteiger partial charge in [0, 0.05) is 64.1 Å². The largest absolute Gasteiger partial charge is 0.379 e. The minimum absolute atomic E-state index is 0.0756. The Morgan fingerprint density at radius 3 is 2.48 bits per heavy atom. The second-order valence-electron chi connectivity index (χ2n) is 8.83. The van der Waals surface area contributed by atoms with Gasteiger partial charge in [-0.15, -0.1) is 0 Å². The number of H-pyrrole nitrogens is 1. The Morgan fingerprint density at radius 2 is 1.79 bits per heavy atom. The molecule has 3 saturated heterocycles. The molecule has 174 valence electrons. The molecule has 0 spiro atoms. The number of imidazole rings is 1. The third-order valence-electron chi connectivity index (χ3n) is 6.71. The van der Waals surface area contributed by atoms with Gasteiger partial charge in [-0.1, -0.05) is 0 Å². The maximum atomic E-state index is 13.2. The number of carbonyl (C=O) groups is 1. The van der Waals surface area contributed by atoms with Crippen LogP contribution >= 0.6 is 0 Å². The molecule has 0 radical (unpaired) electrons. The molecule has 0 atom stereocenters. The highest BCUT2D eigenvalue weighted by Crippen LogP contribution is 2.31. The number of aromatic nitrogens is 5. The van der Waals surface area contributed by atoms with Crippen molar-refractivity contribution in [1.82, 2.24) is 34.5 Å².